The Balaban J connectivity index is 1.99. The number of anilines is 1. The van der Waals surface area contributed by atoms with Crippen molar-refractivity contribution in [3.05, 3.63) is 27.8 Å². The largest absolute Gasteiger partial charge is 0.381 e. The van der Waals surface area contributed by atoms with E-state index in [0.29, 0.717) is 6.04 Å². The number of rotatable bonds is 2. The summed E-state index contributed by atoms with van der Waals surface area (Å²) in [6, 6.07) is 9.11. The van der Waals surface area contributed by atoms with Crippen molar-refractivity contribution in [3.63, 3.8) is 0 Å². The van der Waals surface area contributed by atoms with Crippen LogP contribution in [-0.2, 0) is 0 Å². The van der Waals surface area contributed by atoms with E-state index in [4.69, 9.17) is 0 Å². The van der Waals surface area contributed by atoms with E-state index in [1.54, 1.807) is 0 Å². The Morgan fingerprint density at radius 2 is 1.93 bits per heavy atom. The molecule has 76 valence electrons. The third kappa shape index (κ3) is 2.60. The molecule has 0 saturated carbocycles. The molecule has 2 rings (SSSR count). The quantitative estimate of drug-likeness (QED) is 0.820. The van der Waals surface area contributed by atoms with Crippen molar-refractivity contribution in [1.29, 1.82) is 0 Å². The number of piperidine rings is 1. The number of hydrogen-bond donors (Lipinski definition) is 2. The molecule has 1 saturated heterocycles. The number of hydrogen-bond acceptors (Lipinski definition) is 2. The van der Waals surface area contributed by atoms with Crippen LogP contribution in [0, 0.1) is 3.57 Å². The molecule has 1 aliphatic heterocycles. The highest BCUT2D eigenvalue weighted by atomic mass is 127. The maximum atomic E-state index is 3.60. The van der Waals surface area contributed by atoms with Gasteiger partial charge in [0.05, 0.1) is 0 Å². The molecule has 0 atom stereocenters. The monoisotopic (exact) mass is 302 g/mol. The van der Waals surface area contributed by atoms with Gasteiger partial charge in [0, 0.05) is 15.3 Å². The Morgan fingerprint density at radius 1 is 1.21 bits per heavy atom. The second kappa shape index (κ2) is 4.98. The minimum Gasteiger partial charge on any atom is -0.381 e. The van der Waals surface area contributed by atoms with Crippen molar-refractivity contribution in [1.82, 2.24) is 5.32 Å². The summed E-state index contributed by atoms with van der Waals surface area (Å²) in [5.74, 6) is 0. The first-order chi connectivity index (χ1) is 6.86. The summed E-state index contributed by atoms with van der Waals surface area (Å²) < 4.78 is 1.31. The normalized spacial score (nSPS) is 18.1. The van der Waals surface area contributed by atoms with Crippen molar-refractivity contribution in [2.75, 3.05) is 18.4 Å². The Kier molecular flexibility index (Phi) is 3.64. The summed E-state index contributed by atoms with van der Waals surface area (Å²) in [7, 11) is 0. The van der Waals surface area contributed by atoms with Crippen molar-refractivity contribution < 1.29 is 0 Å². The van der Waals surface area contributed by atoms with Crippen LogP contribution in [0.2, 0.25) is 0 Å². The summed E-state index contributed by atoms with van der Waals surface area (Å²) in [5.41, 5.74) is 1.28. The third-order valence-corrected chi connectivity index (χ3v) is 3.51. The molecule has 0 amide bonds. The van der Waals surface area contributed by atoms with E-state index in [1.807, 2.05) is 0 Å². The van der Waals surface area contributed by atoms with E-state index in [0.717, 1.165) is 13.1 Å². The van der Waals surface area contributed by atoms with E-state index >= 15 is 0 Å². The lowest BCUT2D eigenvalue weighted by molar-refractivity contribution is 0.479. The highest BCUT2D eigenvalue weighted by Gasteiger charge is 2.12. The molecule has 1 heterocycles. The summed E-state index contributed by atoms with van der Waals surface area (Å²) in [6.45, 7) is 2.28. The summed E-state index contributed by atoms with van der Waals surface area (Å²) >= 11 is 2.38. The van der Waals surface area contributed by atoms with Gasteiger partial charge in [0.25, 0.3) is 0 Å². The topological polar surface area (TPSA) is 24.1 Å². The zero-order valence-corrected chi connectivity index (χ0v) is 10.3. The van der Waals surface area contributed by atoms with E-state index in [2.05, 4.69) is 57.5 Å². The maximum absolute atomic E-state index is 3.60. The van der Waals surface area contributed by atoms with Gasteiger partial charge in [0.15, 0.2) is 0 Å². The maximum Gasteiger partial charge on any atom is 0.0478 e. The van der Waals surface area contributed by atoms with Crippen molar-refractivity contribution >= 4 is 28.3 Å². The standard InChI is InChI=1S/C11H15IN2/c12-10-3-1-2-4-11(10)14-9-5-7-13-8-6-9/h1-4,9,13-14H,5-8H2. The molecule has 0 unspecified atom stereocenters. The minimum atomic E-state index is 0.646. The Bertz CT molecular complexity index is 295. The predicted molar refractivity (Wildman–Crippen MR) is 68.7 cm³/mol. The summed E-state index contributed by atoms with van der Waals surface area (Å²) in [4.78, 5) is 0. The van der Waals surface area contributed by atoms with E-state index in [1.165, 1.54) is 22.1 Å². The van der Waals surface area contributed by atoms with Gasteiger partial charge in [-0.15, -0.1) is 0 Å². The Labute approximate surface area is 98.6 Å². The molecular weight excluding hydrogens is 287 g/mol. The highest BCUT2D eigenvalue weighted by molar-refractivity contribution is 14.1. The molecule has 14 heavy (non-hydrogen) atoms. The first-order valence-electron chi connectivity index (χ1n) is 5.08. The van der Waals surface area contributed by atoms with E-state index < -0.39 is 0 Å². The van der Waals surface area contributed by atoms with Crippen LogP contribution >= 0.6 is 22.6 Å². The molecule has 0 radical (unpaired) electrons. The lowest BCUT2D eigenvalue weighted by Gasteiger charge is -2.25. The molecular formula is C11H15IN2. The second-order valence-electron chi connectivity index (χ2n) is 3.65. The molecule has 1 aromatic carbocycles. The van der Waals surface area contributed by atoms with Crippen LogP contribution in [0.4, 0.5) is 5.69 Å². The van der Waals surface area contributed by atoms with Gasteiger partial charge in [-0.05, 0) is 60.7 Å². The van der Waals surface area contributed by atoms with E-state index in [-0.39, 0.29) is 0 Å². The zero-order valence-electron chi connectivity index (χ0n) is 8.09. The Hall–Kier alpha value is -0.290. The van der Waals surface area contributed by atoms with Gasteiger partial charge in [-0.3, -0.25) is 0 Å². The first kappa shape index (κ1) is 10.2. The molecule has 2 nitrogen and oxygen atoms in total. The van der Waals surface area contributed by atoms with Crippen LogP contribution in [0.3, 0.4) is 0 Å². The number of para-hydroxylation sites is 1. The molecule has 1 fully saturated rings. The van der Waals surface area contributed by atoms with Gasteiger partial charge in [0.1, 0.15) is 0 Å². The predicted octanol–water partition coefficient (Wildman–Crippen LogP) is 2.46. The number of halogens is 1. The fraction of sp³-hybridized carbons (Fsp3) is 0.455. The van der Waals surface area contributed by atoms with Gasteiger partial charge in [-0.2, -0.15) is 0 Å². The summed E-state index contributed by atoms with van der Waals surface area (Å²) in [5, 5.41) is 6.97. The third-order valence-electron chi connectivity index (χ3n) is 2.57. The molecule has 0 spiro atoms. The highest BCUT2D eigenvalue weighted by Crippen LogP contribution is 2.19. The molecule has 1 aliphatic rings. The first-order valence-corrected chi connectivity index (χ1v) is 6.16. The number of benzene rings is 1. The molecule has 3 heteroatoms. The summed E-state index contributed by atoms with van der Waals surface area (Å²) in [6.07, 6.45) is 2.45. The van der Waals surface area contributed by atoms with Gasteiger partial charge in [-0.1, -0.05) is 12.1 Å². The fourth-order valence-corrected chi connectivity index (χ4v) is 2.31. The van der Waals surface area contributed by atoms with Gasteiger partial charge >= 0.3 is 0 Å². The SMILES string of the molecule is Ic1ccccc1NC1CCNCC1. The lowest BCUT2D eigenvalue weighted by atomic mass is 10.1. The molecule has 2 N–H and O–H groups in total. The van der Waals surface area contributed by atoms with Crippen LogP contribution in [0.25, 0.3) is 0 Å². The van der Waals surface area contributed by atoms with Crippen molar-refractivity contribution in [2.24, 2.45) is 0 Å². The molecule has 0 aromatic heterocycles. The van der Waals surface area contributed by atoms with Crippen LogP contribution in [0.5, 0.6) is 0 Å². The van der Waals surface area contributed by atoms with Crippen LogP contribution in [-0.4, -0.2) is 19.1 Å². The van der Waals surface area contributed by atoms with Gasteiger partial charge in [0.2, 0.25) is 0 Å². The van der Waals surface area contributed by atoms with Crippen LogP contribution in [0.15, 0.2) is 24.3 Å². The molecule has 0 bridgehead atoms. The van der Waals surface area contributed by atoms with Gasteiger partial charge in [-0.25, -0.2) is 0 Å². The van der Waals surface area contributed by atoms with Crippen molar-refractivity contribution in [3.8, 4) is 0 Å². The second-order valence-corrected chi connectivity index (χ2v) is 4.81. The molecule has 1 aromatic rings. The van der Waals surface area contributed by atoms with Gasteiger partial charge < -0.3 is 10.6 Å². The average Bonchev–Trinajstić information content (AvgIpc) is 2.23. The van der Waals surface area contributed by atoms with E-state index in [9.17, 15) is 0 Å². The minimum absolute atomic E-state index is 0.646. The molecule has 0 aliphatic carbocycles. The van der Waals surface area contributed by atoms with Crippen LogP contribution < -0.4 is 10.6 Å². The smallest absolute Gasteiger partial charge is 0.0478 e. The van der Waals surface area contributed by atoms with Crippen LogP contribution in [0.1, 0.15) is 12.8 Å². The number of nitrogens with one attached hydrogen (secondary N) is 2. The van der Waals surface area contributed by atoms with Crippen molar-refractivity contribution in [2.45, 2.75) is 18.9 Å². The fourth-order valence-electron chi connectivity index (χ4n) is 1.76. The lowest BCUT2D eigenvalue weighted by Crippen LogP contribution is -2.35. The average molecular weight is 302 g/mol. The Morgan fingerprint density at radius 3 is 2.64 bits per heavy atom. The zero-order chi connectivity index (χ0) is 9.80.